The van der Waals surface area contributed by atoms with Gasteiger partial charge in [-0.05, 0) is 61.7 Å². The number of aromatic nitrogens is 2. The molecule has 1 aliphatic rings. The minimum absolute atomic E-state index is 0.0297. The lowest BCUT2D eigenvalue weighted by atomic mass is 9.93. The molecule has 0 saturated carbocycles. The van der Waals surface area contributed by atoms with Crippen LogP contribution in [0.3, 0.4) is 0 Å². The lowest BCUT2D eigenvalue weighted by Crippen LogP contribution is -2.43. The molecule has 1 aromatic heterocycles. The number of hydrogen-bond donors (Lipinski definition) is 0. The number of rotatable bonds is 9. The zero-order valence-electron chi connectivity index (χ0n) is 21.7. The molecule has 1 aliphatic heterocycles. The van der Waals surface area contributed by atoms with Gasteiger partial charge in [0.25, 0.3) is 11.8 Å². The summed E-state index contributed by atoms with van der Waals surface area (Å²) in [6, 6.07) is 17.1. The Bertz CT molecular complexity index is 1460. The number of unbranched alkanes of at least 4 members (excludes halogenated alkanes) is 1. The number of ether oxygens (including phenoxy) is 1. The van der Waals surface area contributed by atoms with Crippen LogP contribution < -0.4 is 4.74 Å². The summed E-state index contributed by atoms with van der Waals surface area (Å²) in [6.07, 6.45) is 6.06. The third kappa shape index (κ3) is 5.41. The van der Waals surface area contributed by atoms with Crippen molar-refractivity contribution in [2.24, 2.45) is 0 Å². The van der Waals surface area contributed by atoms with Crippen molar-refractivity contribution in [3.05, 3.63) is 82.0 Å². The van der Waals surface area contributed by atoms with Crippen LogP contribution in [-0.4, -0.2) is 39.6 Å². The second-order valence-electron chi connectivity index (χ2n) is 8.99. The highest BCUT2D eigenvalue weighted by Crippen LogP contribution is 2.34. The predicted octanol–water partition coefficient (Wildman–Crippen LogP) is 6.37. The van der Waals surface area contributed by atoms with Gasteiger partial charge in [0.2, 0.25) is 0 Å². The Hall–Kier alpha value is -4.15. The van der Waals surface area contributed by atoms with Gasteiger partial charge in [-0.2, -0.15) is 10.4 Å². The van der Waals surface area contributed by atoms with Crippen molar-refractivity contribution in [2.75, 3.05) is 13.2 Å². The quantitative estimate of drug-likeness (QED) is 0.183. The third-order valence-electron chi connectivity index (χ3n) is 6.30. The van der Waals surface area contributed by atoms with Crippen molar-refractivity contribution < 1.29 is 14.3 Å². The van der Waals surface area contributed by atoms with Crippen LogP contribution in [0.1, 0.15) is 45.6 Å². The summed E-state index contributed by atoms with van der Waals surface area (Å²) in [5, 5.41) is 15.0. The number of imide groups is 1. The number of amides is 2. The molecule has 3 aromatic rings. The molecule has 0 atom stereocenters. The van der Waals surface area contributed by atoms with E-state index in [1.165, 1.54) is 0 Å². The molecule has 0 radical (unpaired) electrons. The summed E-state index contributed by atoms with van der Waals surface area (Å²) in [5.41, 5.74) is 3.44. The Morgan fingerprint density at radius 1 is 1.08 bits per heavy atom. The third-order valence-corrected chi connectivity index (χ3v) is 6.59. The van der Waals surface area contributed by atoms with E-state index in [0.29, 0.717) is 40.6 Å². The molecule has 0 bridgehead atoms. The monoisotopic (exact) mass is 528 g/mol. The lowest BCUT2D eigenvalue weighted by molar-refractivity contribution is -0.140. The van der Waals surface area contributed by atoms with Gasteiger partial charge in [-0.3, -0.25) is 14.5 Å². The second kappa shape index (κ2) is 11.9. The van der Waals surface area contributed by atoms with Crippen molar-refractivity contribution in [2.45, 2.75) is 40.0 Å². The molecule has 0 spiro atoms. The first kappa shape index (κ1) is 26.9. The molecule has 0 fully saturated rings. The molecule has 7 nitrogen and oxygen atoms in total. The van der Waals surface area contributed by atoms with E-state index >= 15 is 0 Å². The standard InChI is InChI=1S/C30H29ClN4O3/c1-4-6-15-38-27-13-12-21(17-26(27)31)28-22(19-35(33-28)23-10-8-7-9-11-23)16-24-20(3)25(18-32)30(37)34(14-5-2)29(24)36/h7-13,16-17,19H,4-6,14-15H2,1-3H3. The summed E-state index contributed by atoms with van der Waals surface area (Å²) in [4.78, 5) is 27.3. The van der Waals surface area contributed by atoms with Crippen LogP contribution in [0.15, 0.2) is 71.4 Å². The minimum atomic E-state index is -0.556. The number of carbonyl (C=O) groups excluding carboxylic acids is 2. The summed E-state index contributed by atoms with van der Waals surface area (Å²) >= 11 is 6.56. The van der Waals surface area contributed by atoms with Crippen LogP contribution in [0.2, 0.25) is 5.02 Å². The van der Waals surface area contributed by atoms with Gasteiger partial charge in [0.15, 0.2) is 0 Å². The highest BCUT2D eigenvalue weighted by Gasteiger charge is 2.35. The van der Waals surface area contributed by atoms with E-state index in [4.69, 9.17) is 21.4 Å². The average molecular weight is 529 g/mol. The van der Waals surface area contributed by atoms with Gasteiger partial charge in [-0.1, -0.05) is 50.1 Å². The van der Waals surface area contributed by atoms with Crippen LogP contribution in [0.4, 0.5) is 0 Å². The van der Waals surface area contributed by atoms with Gasteiger partial charge in [0.1, 0.15) is 23.1 Å². The van der Waals surface area contributed by atoms with Crippen LogP contribution >= 0.6 is 11.6 Å². The largest absolute Gasteiger partial charge is 0.492 e. The number of hydrogen-bond acceptors (Lipinski definition) is 5. The summed E-state index contributed by atoms with van der Waals surface area (Å²) in [5.74, 6) is -0.385. The van der Waals surface area contributed by atoms with E-state index in [1.807, 2.05) is 61.7 Å². The number of halogens is 1. The van der Waals surface area contributed by atoms with Crippen molar-refractivity contribution >= 4 is 29.5 Å². The smallest absolute Gasteiger partial charge is 0.271 e. The topological polar surface area (TPSA) is 88.2 Å². The predicted molar refractivity (Wildman–Crippen MR) is 148 cm³/mol. The molecule has 0 saturated heterocycles. The van der Waals surface area contributed by atoms with Gasteiger partial charge in [-0.15, -0.1) is 0 Å². The number of benzene rings is 2. The van der Waals surface area contributed by atoms with Gasteiger partial charge in [0.05, 0.1) is 17.3 Å². The second-order valence-corrected chi connectivity index (χ2v) is 9.40. The van der Waals surface area contributed by atoms with E-state index < -0.39 is 11.8 Å². The lowest BCUT2D eigenvalue weighted by Gasteiger charge is -2.27. The Balaban J connectivity index is 1.86. The zero-order valence-corrected chi connectivity index (χ0v) is 22.5. The Labute approximate surface area is 227 Å². The van der Waals surface area contributed by atoms with E-state index in [2.05, 4.69) is 6.92 Å². The molecule has 4 rings (SSSR count). The first-order chi connectivity index (χ1) is 18.4. The fraction of sp³-hybridized carbons (Fsp3) is 0.267. The zero-order chi connectivity index (χ0) is 27.2. The normalized spacial score (nSPS) is 14.8. The minimum Gasteiger partial charge on any atom is -0.492 e. The Kier molecular flexibility index (Phi) is 8.45. The molecule has 0 aliphatic carbocycles. The first-order valence-electron chi connectivity index (χ1n) is 12.7. The number of nitriles is 1. The highest BCUT2D eigenvalue weighted by molar-refractivity contribution is 6.32. The molecule has 2 aromatic carbocycles. The molecule has 2 heterocycles. The van der Waals surface area contributed by atoms with E-state index in [-0.39, 0.29) is 17.7 Å². The fourth-order valence-electron chi connectivity index (χ4n) is 4.23. The van der Waals surface area contributed by atoms with Gasteiger partial charge in [0, 0.05) is 29.4 Å². The molecule has 194 valence electrons. The molecular weight excluding hydrogens is 500 g/mol. The molecule has 0 N–H and O–H groups in total. The maximum atomic E-state index is 13.4. The van der Waals surface area contributed by atoms with Gasteiger partial charge < -0.3 is 4.74 Å². The van der Waals surface area contributed by atoms with Crippen molar-refractivity contribution in [1.82, 2.24) is 14.7 Å². The summed E-state index contributed by atoms with van der Waals surface area (Å²) in [7, 11) is 0. The molecule has 0 unspecified atom stereocenters. The average Bonchev–Trinajstić information content (AvgIpc) is 3.35. The molecule has 38 heavy (non-hydrogen) atoms. The number of para-hydroxylation sites is 1. The maximum absolute atomic E-state index is 13.4. The van der Waals surface area contributed by atoms with Gasteiger partial charge in [-0.25, -0.2) is 4.68 Å². The molecule has 8 heteroatoms. The summed E-state index contributed by atoms with van der Waals surface area (Å²) in [6.45, 7) is 6.42. The SMILES string of the molecule is CCCCOc1ccc(-c2nn(-c3ccccc3)cc2C=C2C(=O)N(CCC)C(=O)C(C#N)=C2C)cc1Cl. The molecule has 2 amide bonds. The van der Waals surface area contributed by atoms with Crippen molar-refractivity contribution in [3.63, 3.8) is 0 Å². The highest BCUT2D eigenvalue weighted by atomic mass is 35.5. The maximum Gasteiger partial charge on any atom is 0.271 e. The molecular formula is C30H29ClN4O3. The van der Waals surface area contributed by atoms with E-state index in [9.17, 15) is 14.9 Å². The van der Waals surface area contributed by atoms with Crippen molar-refractivity contribution in [1.29, 1.82) is 5.26 Å². The van der Waals surface area contributed by atoms with Crippen LogP contribution in [0.5, 0.6) is 5.75 Å². The van der Waals surface area contributed by atoms with E-state index in [0.717, 1.165) is 29.0 Å². The fourth-order valence-corrected chi connectivity index (χ4v) is 4.47. The van der Waals surface area contributed by atoms with Gasteiger partial charge >= 0.3 is 0 Å². The van der Waals surface area contributed by atoms with Crippen LogP contribution in [0, 0.1) is 11.3 Å². The van der Waals surface area contributed by atoms with Crippen LogP contribution in [-0.2, 0) is 9.59 Å². The number of nitrogens with zero attached hydrogens (tertiary/aromatic N) is 4. The Morgan fingerprint density at radius 3 is 2.50 bits per heavy atom. The Morgan fingerprint density at radius 2 is 1.84 bits per heavy atom. The number of carbonyl (C=O) groups is 2. The first-order valence-corrected chi connectivity index (χ1v) is 13.0. The van der Waals surface area contributed by atoms with Crippen LogP contribution in [0.25, 0.3) is 23.0 Å². The van der Waals surface area contributed by atoms with Crippen molar-refractivity contribution in [3.8, 4) is 28.8 Å². The summed E-state index contributed by atoms with van der Waals surface area (Å²) < 4.78 is 7.53. The van der Waals surface area contributed by atoms with E-state index in [1.54, 1.807) is 23.7 Å².